The van der Waals surface area contributed by atoms with Crippen LogP contribution in [0.25, 0.3) is 34.5 Å². The van der Waals surface area contributed by atoms with Crippen LogP contribution in [0.5, 0.6) is 5.75 Å². The van der Waals surface area contributed by atoms with Crippen LogP contribution in [0.4, 0.5) is 4.39 Å². The van der Waals surface area contributed by atoms with Crippen LogP contribution < -0.4 is 4.74 Å². The number of imidazole rings is 1. The lowest BCUT2D eigenvalue weighted by Gasteiger charge is -2.08. The minimum Gasteiger partial charge on any atom is -0.494 e. The van der Waals surface area contributed by atoms with Gasteiger partial charge in [0.25, 0.3) is 0 Å². The van der Waals surface area contributed by atoms with E-state index in [1.54, 1.807) is 42.5 Å². The number of aromatic nitrogens is 2. The molecule has 0 aliphatic heterocycles. The third-order valence-corrected chi connectivity index (χ3v) is 6.31. The second-order valence-corrected chi connectivity index (χ2v) is 9.18. The molecule has 4 aromatic rings. The number of rotatable bonds is 10. The van der Waals surface area contributed by atoms with Crippen molar-refractivity contribution in [3.05, 3.63) is 94.1 Å². The third kappa shape index (κ3) is 6.79. The number of aliphatic carboxylic acids is 1. The lowest BCUT2D eigenvalue weighted by molar-refractivity contribution is -0.137. The highest BCUT2D eigenvalue weighted by Gasteiger charge is 2.11. The molecule has 1 aromatic heterocycles. The number of carboxylic acids is 1. The molecule has 1 N–H and O–H groups in total. The Hall–Kier alpha value is -3.61. The summed E-state index contributed by atoms with van der Waals surface area (Å²) in [6.07, 6.45) is 5.90. The van der Waals surface area contributed by atoms with E-state index in [-0.39, 0.29) is 12.2 Å². The SMILES string of the molecule is CCn1cc(-c2ccc(Cl)cc2Cl)nc1/C=C/c1ccc(-c2ccc(OCCCC(=O)O)cc2)cc1F. The van der Waals surface area contributed by atoms with Gasteiger partial charge < -0.3 is 14.4 Å². The fourth-order valence-electron chi connectivity index (χ4n) is 3.81. The van der Waals surface area contributed by atoms with Gasteiger partial charge in [0.2, 0.25) is 0 Å². The van der Waals surface area contributed by atoms with Gasteiger partial charge >= 0.3 is 5.97 Å². The maximum atomic E-state index is 15.0. The molecule has 0 radical (unpaired) electrons. The lowest BCUT2D eigenvalue weighted by atomic mass is 10.0. The molecule has 0 bridgehead atoms. The molecule has 0 atom stereocenters. The Balaban J connectivity index is 1.47. The zero-order valence-electron chi connectivity index (χ0n) is 20.1. The smallest absolute Gasteiger partial charge is 0.303 e. The van der Waals surface area contributed by atoms with Gasteiger partial charge in [-0.05, 0) is 73.0 Å². The summed E-state index contributed by atoms with van der Waals surface area (Å²) in [7, 11) is 0. The first-order valence-corrected chi connectivity index (χ1v) is 12.5. The van der Waals surface area contributed by atoms with Crippen molar-refractivity contribution in [1.82, 2.24) is 9.55 Å². The van der Waals surface area contributed by atoms with Crippen LogP contribution >= 0.6 is 23.2 Å². The Morgan fingerprint density at radius 1 is 1.05 bits per heavy atom. The molecule has 0 unspecified atom stereocenters. The van der Waals surface area contributed by atoms with E-state index in [0.717, 1.165) is 16.7 Å². The third-order valence-electron chi connectivity index (χ3n) is 5.76. The first-order chi connectivity index (χ1) is 17.8. The Labute approximate surface area is 224 Å². The monoisotopic (exact) mass is 538 g/mol. The molecule has 1 heterocycles. The number of benzene rings is 3. The minimum atomic E-state index is -0.845. The lowest BCUT2D eigenvalue weighted by Crippen LogP contribution is -2.01. The van der Waals surface area contributed by atoms with Crippen LogP contribution in [0.15, 0.2) is 66.9 Å². The van der Waals surface area contributed by atoms with E-state index < -0.39 is 5.97 Å². The number of aryl methyl sites for hydroxylation is 1. The van der Waals surface area contributed by atoms with Gasteiger partial charge in [0.05, 0.1) is 17.3 Å². The molecule has 5 nitrogen and oxygen atoms in total. The summed E-state index contributed by atoms with van der Waals surface area (Å²) < 4.78 is 22.5. The quantitative estimate of drug-likeness (QED) is 0.207. The highest BCUT2D eigenvalue weighted by atomic mass is 35.5. The zero-order valence-corrected chi connectivity index (χ0v) is 21.6. The Bertz CT molecular complexity index is 1430. The maximum Gasteiger partial charge on any atom is 0.303 e. The number of halogens is 3. The zero-order chi connectivity index (χ0) is 26.4. The fourth-order valence-corrected chi connectivity index (χ4v) is 4.31. The molecule has 37 heavy (non-hydrogen) atoms. The van der Waals surface area contributed by atoms with Crippen LogP contribution in [0.2, 0.25) is 10.0 Å². The number of carbonyl (C=O) groups is 1. The van der Waals surface area contributed by atoms with Crippen molar-refractivity contribution in [3.63, 3.8) is 0 Å². The van der Waals surface area contributed by atoms with Crippen molar-refractivity contribution in [1.29, 1.82) is 0 Å². The van der Waals surface area contributed by atoms with Crippen molar-refractivity contribution >= 4 is 41.3 Å². The first-order valence-electron chi connectivity index (χ1n) is 11.8. The molecular formula is C29H25Cl2FN2O3. The summed E-state index contributed by atoms with van der Waals surface area (Å²) >= 11 is 12.4. The Morgan fingerprint density at radius 2 is 1.81 bits per heavy atom. The average Bonchev–Trinajstić information content (AvgIpc) is 3.29. The summed E-state index contributed by atoms with van der Waals surface area (Å²) in [6, 6.07) is 17.6. The van der Waals surface area contributed by atoms with Gasteiger partial charge in [0.15, 0.2) is 0 Å². The standard InChI is InChI=1S/C29H25Cl2FN2O3/c1-2-34-18-27(24-13-10-22(30)17-25(24)31)33-28(34)14-9-20-5-6-21(16-26(20)32)19-7-11-23(12-8-19)37-15-3-4-29(35)36/h5-14,16-18H,2-4,15H2,1H3,(H,35,36)/b14-9+. The van der Waals surface area contributed by atoms with Gasteiger partial charge in [0, 0.05) is 35.3 Å². The fraction of sp³-hybridized carbons (Fsp3) is 0.172. The summed E-state index contributed by atoms with van der Waals surface area (Å²) in [5, 5.41) is 9.76. The van der Waals surface area contributed by atoms with Crippen molar-refractivity contribution < 1.29 is 19.0 Å². The van der Waals surface area contributed by atoms with Crippen molar-refractivity contribution in [2.24, 2.45) is 0 Å². The summed E-state index contributed by atoms with van der Waals surface area (Å²) in [4.78, 5) is 15.3. The predicted molar refractivity (Wildman–Crippen MR) is 146 cm³/mol. The molecule has 190 valence electrons. The molecule has 0 spiro atoms. The Morgan fingerprint density at radius 3 is 2.49 bits per heavy atom. The average molecular weight is 539 g/mol. The topological polar surface area (TPSA) is 64.4 Å². The summed E-state index contributed by atoms with van der Waals surface area (Å²) in [5.74, 6) is 0.131. The van der Waals surface area contributed by atoms with Crippen LogP contribution in [0.3, 0.4) is 0 Å². The van der Waals surface area contributed by atoms with Gasteiger partial charge in [-0.25, -0.2) is 9.37 Å². The number of hydrogen-bond donors (Lipinski definition) is 1. The van der Waals surface area contributed by atoms with E-state index >= 15 is 0 Å². The van der Waals surface area contributed by atoms with Gasteiger partial charge in [0.1, 0.15) is 17.4 Å². The molecule has 0 fully saturated rings. The molecule has 0 saturated heterocycles. The van der Waals surface area contributed by atoms with E-state index in [2.05, 4.69) is 4.98 Å². The highest BCUT2D eigenvalue weighted by Crippen LogP contribution is 2.30. The molecule has 0 aliphatic rings. The van der Waals surface area contributed by atoms with Crippen LogP contribution in [-0.4, -0.2) is 27.2 Å². The van der Waals surface area contributed by atoms with Crippen molar-refractivity contribution in [3.8, 4) is 28.1 Å². The molecule has 0 amide bonds. The second-order valence-electron chi connectivity index (χ2n) is 8.33. The van der Waals surface area contributed by atoms with Crippen molar-refractivity contribution in [2.75, 3.05) is 6.61 Å². The number of nitrogens with zero attached hydrogens (tertiary/aromatic N) is 2. The van der Waals surface area contributed by atoms with E-state index in [1.165, 1.54) is 6.07 Å². The molecule has 0 aliphatic carbocycles. The van der Waals surface area contributed by atoms with Crippen molar-refractivity contribution in [2.45, 2.75) is 26.3 Å². The second kappa shape index (κ2) is 12.1. The van der Waals surface area contributed by atoms with Crippen LogP contribution in [0, 0.1) is 5.82 Å². The van der Waals surface area contributed by atoms with E-state index in [1.807, 2.05) is 42.0 Å². The highest BCUT2D eigenvalue weighted by molar-refractivity contribution is 6.36. The van der Waals surface area contributed by atoms with E-state index in [9.17, 15) is 9.18 Å². The molecular weight excluding hydrogens is 514 g/mol. The van der Waals surface area contributed by atoms with Gasteiger partial charge in [-0.15, -0.1) is 0 Å². The van der Waals surface area contributed by atoms with Gasteiger partial charge in [-0.1, -0.05) is 47.5 Å². The normalized spacial score (nSPS) is 11.2. The Kier molecular flexibility index (Phi) is 8.64. The van der Waals surface area contributed by atoms with Crippen LogP contribution in [0.1, 0.15) is 31.2 Å². The largest absolute Gasteiger partial charge is 0.494 e. The first kappa shape index (κ1) is 26.5. The predicted octanol–water partition coefficient (Wildman–Crippen LogP) is 8.10. The maximum absolute atomic E-state index is 15.0. The van der Waals surface area contributed by atoms with Gasteiger partial charge in [-0.2, -0.15) is 0 Å². The number of hydrogen-bond acceptors (Lipinski definition) is 3. The van der Waals surface area contributed by atoms with Crippen LogP contribution in [-0.2, 0) is 11.3 Å². The minimum absolute atomic E-state index is 0.0658. The molecule has 0 saturated carbocycles. The molecule has 3 aromatic carbocycles. The number of carboxylic acid groups (broad SMARTS) is 1. The van der Waals surface area contributed by atoms with E-state index in [0.29, 0.717) is 52.4 Å². The molecule has 4 rings (SSSR count). The number of ether oxygens (including phenoxy) is 1. The summed E-state index contributed by atoms with van der Waals surface area (Å²) in [5.41, 5.74) is 3.52. The molecule has 8 heteroatoms. The van der Waals surface area contributed by atoms with Gasteiger partial charge in [-0.3, -0.25) is 4.79 Å². The summed E-state index contributed by atoms with van der Waals surface area (Å²) in [6.45, 7) is 3.03. The van der Waals surface area contributed by atoms with E-state index in [4.69, 9.17) is 33.0 Å².